The molecule has 33 heavy (non-hydrogen) atoms. The summed E-state index contributed by atoms with van der Waals surface area (Å²) in [5.74, 6) is -0.378. The Morgan fingerprint density at radius 3 is 2.33 bits per heavy atom. The summed E-state index contributed by atoms with van der Waals surface area (Å²) in [5.41, 5.74) is 4.23. The molecule has 0 aliphatic rings. The fraction of sp³-hybridized carbons (Fsp3) is 0.154. The molecule has 0 radical (unpaired) electrons. The van der Waals surface area contributed by atoms with Gasteiger partial charge in [0.15, 0.2) is 6.61 Å². The highest BCUT2D eigenvalue weighted by Crippen LogP contribution is 2.26. The number of ether oxygens (including phenoxy) is 2. The molecule has 0 heterocycles. The minimum absolute atomic E-state index is 0.240. The number of carbonyl (C=O) groups excluding carboxylic acids is 2. The van der Waals surface area contributed by atoms with Gasteiger partial charge in [-0.2, -0.15) is 0 Å². The Morgan fingerprint density at radius 1 is 0.970 bits per heavy atom. The van der Waals surface area contributed by atoms with Crippen LogP contribution in [0, 0.1) is 13.8 Å². The third-order valence-electron chi connectivity index (χ3n) is 4.74. The molecule has 0 aromatic heterocycles. The minimum atomic E-state index is -0.612. The molecule has 1 amide bonds. The monoisotopic (exact) mass is 483 g/mol. The van der Waals surface area contributed by atoms with E-state index in [1.165, 1.54) is 6.08 Å². The Morgan fingerprint density at radius 2 is 1.67 bits per heavy atom. The van der Waals surface area contributed by atoms with E-state index in [1.807, 2.05) is 32.0 Å². The van der Waals surface area contributed by atoms with Crippen LogP contribution in [0.5, 0.6) is 5.75 Å². The molecule has 170 valence electrons. The number of hydrogen-bond acceptors (Lipinski definition) is 4. The summed E-state index contributed by atoms with van der Waals surface area (Å²) in [7, 11) is 0. The van der Waals surface area contributed by atoms with E-state index in [9.17, 15) is 9.59 Å². The smallest absolute Gasteiger partial charge is 0.331 e. The SMILES string of the molecule is Cc1ccc(NC(=O)COC(=O)C=Cc2ccc(OCc3c(Cl)cccc3Cl)cc2)c(C)c1. The zero-order valence-corrected chi connectivity index (χ0v) is 19.7. The highest BCUT2D eigenvalue weighted by molar-refractivity contribution is 6.35. The summed E-state index contributed by atoms with van der Waals surface area (Å²) in [6, 6.07) is 18.1. The van der Waals surface area contributed by atoms with E-state index >= 15 is 0 Å². The number of hydrogen-bond donors (Lipinski definition) is 1. The number of anilines is 1. The van der Waals surface area contributed by atoms with Crippen molar-refractivity contribution in [1.29, 1.82) is 0 Å². The molecule has 1 N–H and O–H groups in total. The van der Waals surface area contributed by atoms with Crippen molar-refractivity contribution in [3.8, 4) is 5.75 Å². The standard InChI is InChI=1S/C26H23Cl2NO4/c1-17-6-12-24(18(2)14-17)29-25(30)16-33-26(31)13-9-19-7-10-20(11-8-19)32-15-21-22(27)4-3-5-23(21)28/h3-14H,15-16H2,1-2H3,(H,29,30). The number of nitrogens with one attached hydrogen (secondary N) is 1. The van der Waals surface area contributed by atoms with Crippen LogP contribution in [0.2, 0.25) is 10.0 Å². The van der Waals surface area contributed by atoms with Crippen LogP contribution in [0.15, 0.2) is 66.7 Å². The molecule has 0 spiro atoms. The average Bonchev–Trinajstić information content (AvgIpc) is 2.78. The van der Waals surface area contributed by atoms with Crippen molar-refractivity contribution in [3.63, 3.8) is 0 Å². The van der Waals surface area contributed by atoms with Gasteiger partial charge in [-0.1, -0.05) is 59.1 Å². The van der Waals surface area contributed by atoms with E-state index in [4.69, 9.17) is 32.7 Å². The Labute approximate surface area is 202 Å². The number of amides is 1. The van der Waals surface area contributed by atoms with Crippen LogP contribution in [-0.4, -0.2) is 18.5 Å². The van der Waals surface area contributed by atoms with Gasteiger partial charge in [-0.3, -0.25) is 4.79 Å². The van der Waals surface area contributed by atoms with Gasteiger partial charge in [-0.15, -0.1) is 0 Å². The van der Waals surface area contributed by atoms with Gasteiger partial charge in [-0.25, -0.2) is 4.79 Å². The van der Waals surface area contributed by atoms with Crippen molar-refractivity contribution in [2.24, 2.45) is 0 Å². The molecular formula is C26H23Cl2NO4. The van der Waals surface area contributed by atoms with E-state index in [0.717, 1.165) is 16.7 Å². The Kier molecular flexibility index (Phi) is 8.52. The molecule has 0 atom stereocenters. The Hall–Kier alpha value is -3.28. The normalized spacial score (nSPS) is 10.8. The molecule has 3 aromatic rings. The molecule has 3 aromatic carbocycles. The van der Waals surface area contributed by atoms with Crippen molar-refractivity contribution >= 4 is 46.8 Å². The third kappa shape index (κ3) is 7.38. The summed E-state index contributed by atoms with van der Waals surface area (Å²) < 4.78 is 10.7. The van der Waals surface area contributed by atoms with E-state index in [2.05, 4.69) is 5.32 Å². The molecule has 0 saturated heterocycles. The van der Waals surface area contributed by atoms with Crippen molar-refractivity contribution in [1.82, 2.24) is 0 Å². The van der Waals surface area contributed by atoms with Crippen molar-refractivity contribution in [2.75, 3.05) is 11.9 Å². The topological polar surface area (TPSA) is 64.6 Å². The lowest BCUT2D eigenvalue weighted by molar-refractivity contribution is -0.142. The van der Waals surface area contributed by atoms with Crippen molar-refractivity contribution in [3.05, 3.63) is 99.0 Å². The first-order chi connectivity index (χ1) is 15.8. The molecule has 7 heteroatoms. The molecule has 0 bridgehead atoms. The number of aryl methyl sites for hydroxylation is 2. The summed E-state index contributed by atoms with van der Waals surface area (Å²) in [4.78, 5) is 24.0. The molecule has 3 rings (SSSR count). The molecule has 0 fully saturated rings. The predicted molar refractivity (Wildman–Crippen MR) is 132 cm³/mol. The van der Waals surface area contributed by atoms with Crippen LogP contribution < -0.4 is 10.1 Å². The van der Waals surface area contributed by atoms with Gasteiger partial charge in [0.25, 0.3) is 5.91 Å². The van der Waals surface area contributed by atoms with Crippen LogP contribution in [0.4, 0.5) is 5.69 Å². The molecule has 0 aliphatic heterocycles. The molecule has 0 unspecified atom stereocenters. The van der Waals surface area contributed by atoms with E-state index < -0.39 is 11.9 Å². The lowest BCUT2D eigenvalue weighted by atomic mass is 10.1. The summed E-state index contributed by atoms with van der Waals surface area (Å²) in [6.45, 7) is 3.75. The maximum Gasteiger partial charge on any atom is 0.331 e. The maximum atomic E-state index is 12.0. The fourth-order valence-corrected chi connectivity index (χ4v) is 3.50. The Balaban J connectivity index is 1.46. The second kappa shape index (κ2) is 11.5. The van der Waals surface area contributed by atoms with E-state index in [0.29, 0.717) is 27.0 Å². The molecule has 0 saturated carbocycles. The second-order valence-corrected chi connectivity index (χ2v) is 8.18. The number of halogens is 2. The third-order valence-corrected chi connectivity index (χ3v) is 5.45. The van der Waals surface area contributed by atoms with Crippen LogP contribution in [0.25, 0.3) is 6.08 Å². The minimum Gasteiger partial charge on any atom is -0.489 e. The van der Waals surface area contributed by atoms with Crippen molar-refractivity contribution in [2.45, 2.75) is 20.5 Å². The summed E-state index contributed by atoms with van der Waals surface area (Å²) in [5, 5.41) is 3.82. The quantitative estimate of drug-likeness (QED) is 0.298. The predicted octanol–water partition coefficient (Wildman–Crippen LogP) is 6.38. The van der Waals surface area contributed by atoms with Crippen LogP contribution >= 0.6 is 23.2 Å². The van der Waals surface area contributed by atoms with Gasteiger partial charge in [-0.05, 0) is 61.4 Å². The highest BCUT2D eigenvalue weighted by Gasteiger charge is 2.08. The van der Waals surface area contributed by atoms with Gasteiger partial charge < -0.3 is 14.8 Å². The average molecular weight is 484 g/mol. The Bertz CT molecular complexity index is 1150. The highest BCUT2D eigenvalue weighted by atomic mass is 35.5. The first kappa shape index (κ1) is 24.4. The van der Waals surface area contributed by atoms with Gasteiger partial charge in [0.05, 0.1) is 0 Å². The first-order valence-electron chi connectivity index (χ1n) is 10.2. The van der Waals surface area contributed by atoms with Gasteiger partial charge in [0.2, 0.25) is 0 Å². The largest absolute Gasteiger partial charge is 0.489 e. The molecule has 5 nitrogen and oxygen atoms in total. The maximum absolute atomic E-state index is 12.0. The van der Waals surface area contributed by atoms with E-state index in [1.54, 1.807) is 48.5 Å². The second-order valence-electron chi connectivity index (χ2n) is 7.37. The zero-order chi connectivity index (χ0) is 23.8. The van der Waals surface area contributed by atoms with Crippen molar-refractivity contribution < 1.29 is 19.1 Å². The summed E-state index contributed by atoms with van der Waals surface area (Å²) >= 11 is 12.3. The van der Waals surface area contributed by atoms with Crippen LogP contribution in [0.3, 0.4) is 0 Å². The van der Waals surface area contributed by atoms with Crippen LogP contribution in [0.1, 0.15) is 22.3 Å². The molecule has 0 aliphatic carbocycles. The lowest BCUT2D eigenvalue weighted by Gasteiger charge is -2.09. The van der Waals surface area contributed by atoms with Gasteiger partial charge >= 0.3 is 5.97 Å². The molecular weight excluding hydrogens is 461 g/mol. The van der Waals surface area contributed by atoms with Crippen LogP contribution in [-0.2, 0) is 20.9 Å². The number of esters is 1. The van der Waals surface area contributed by atoms with Gasteiger partial charge in [0, 0.05) is 27.4 Å². The number of carbonyl (C=O) groups is 2. The summed E-state index contributed by atoms with van der Waals surface area (Å²) in [6.07, 6.45) is 2.86. The zero-order valence-electron chi connectivity index (χ0n) is 18.2. The number of rotatable bonds is 8. The fourth-order valence-electron chi connectivity index (χ4n) is 2.99. The number of benzene rings is 3. The first-order valence-corrected chi connectivity index (χ1v) is 10.9. The van der Waals surface area contributed by atoms with Gasteiger partial charge in [0.1, 0.15) is 12.4 Å². The lowest BCUT2D eigenvalue weighted by Crippen LogP contribution is -2.20. The van der Waals surface area contributed by atoms with E-state index in [-0.39, 0.29) is 13.2 Å².